The van der Waals surface area contributed by atoms with E-state index in [9.17, 15) is 9.90 Å². The van der Waals surface area contributed by atoms with Crippen LogP contribution >= 0.6 is 11.6 Å². The second-order valence-electron chi connectivity index (χ2n) is 12.7. The van der Waals surface area contributed by atoms with Crippen LogP contribution in [0.5, 0.6) is 11.5 Å². The van der Waals surface area contributed by atoms with E-state index in [0.717, 1.165) is 30.4 Å². The number of rotatable bonds is 5. The average molecular weight is 593 g/mol. The Balaban J connectivity index is 1.28. The quantitative estimate of drug-likeness (QED) is 0.343. The Labute approximate surface area is 247 Å². The number of hydrogen-bond donors (Lipinski definition) is 3. The fourth-order valence-corrected chi connectivity index (χ4v) is 8.00. The molecule has 0 bridgehead atoms. The second-order valence-corrected chi connectivity index (χ2v) is 13.1. The molecule has 218 valence electrons. The van der Waals surface area contributed by atoms with Gasteiger partial charge in [-0.05, 0) is 50.7 Å². The van der Waals surface area contributed by atoms with Crippen molar-refractivity contribution < 1.29 is 28.2 Å². The fourth-order valence-electron chi connectivity index (χ4n) is 7.75. The van der Waals surface area contributed by atoms with Crippen molar-refractivity contribution in [3.8, 4) is 22.6 Å². The molecule has 4 atom stereocenters. The van der Waals surface area contributed by atoms with E-state index in [0.29, 0.717) is 30.5 Å². The van der Waals surface area contributed by atoms with Crippen LogP contribution in [0.3, 0.4) is 0 Å². The third-order valence-corrected chi connectivity index (χ3v) is 10.5. The van der Waals surface area contributed by atoms with Crippen LogP contribution in [0.4, 0.5) is 8.78 Å². The van der Waals surface area contributed by atoms with Gasteiger partial charge in [0.1, 0.15) is 17.7 Å². The zero-order valence-electron chi connectivity index (χ0n) is 23.3. The van der Waals surface area contributed by atoms with Gasteiger partial charge in [-0.3, -0.25) is 4.79 Å². The van der Waals surface area contributed by atoms with Crippen molar-refractivity contribution in [2.45, 2.75) is 74.2 Å². The third-order valence-electron chi connectivity index (χ3n) is 10.1. The third kappa shape index (κ3) is 3.58. The molecule has 5 aliphatic rings. The fraction of sp³-hybridized carbons (Fsp3) is 0.424. The maximum atomic E-state index is 16.5. The average Bonchev–Trinajstić information content (AvgIpc) is 3.57. The van der Waals surface area contributed by atoms with Gasteiger partial charge in [0, 0.05) is 59.4 Å². The summed E-state index contributed by atoms with van der Waals surface area (Å²) in [7, 11) is 1.48. The molecule has 3 N–H and O–H groups in total. The molecule has 6 nitrogen and oxygen atoms in total. The lowest BCUT2D eigenvalue weighted by atomic mass is 9.61. The first kappa shape index (κ1) is 26.4. The number of fused-ring (bicyclic) bond motifs is 9. The Hall–Kier alpha value is -3.20. The molecular weight excluding hydrogens is 562 g/mol. The minimum atomic E-state index is -0.858. The van der Waals surface area contributed by atoms with Crippen LogP contribution < -0.4 is 20.1 Å². The van der Waals surface area contributed by atoms with Gasteiger partial charge in [-0.25, -0.2) is 8.78 Å². The van der Waals surface area contributed by atoms with Gasteiger partial charge in [0.15, 0.2) is 17.2 Å². The number of carbonyl (C=O) groups excluding carboxylic acids is 1. The van der Waals surface area contributed by atoms with E-state index >= 15 is 8.78 Å². The number of hydrogen-bond acceptors (Lipinski definition) is 5. The van der Waals surface area contributed by atoms with Crippen LogP contribution in [0.1, 0.15) is 83.5 Å². The number of halogens is 3. The van der Waals surface area contributed by atoms with Gasteiger partial charge in [0.2, 0.25) is 0 Å². The predicted molar refractivity (Wildman–Crippen MR) is 153 cm³/mol. The molecule has 3 aliphatic carbocycles. The predicted octanol–water partition coefficient (Wildman–Crippen LogP) is 5.91. The van der Waals surface area contributed by atoms with Crippen molar-refractivity contribution in [3.05, 3.63) is 80.9 Å². The van der Waals surface area contributed by atoms with E-state index < -0.39 is 28.7 Å². The molecule has 2 fully saturated rings. The van der Waals surface area contributed by atoms with Gasteiger partial charge >= 0.3 is 0 Å². The minimum absolute atomic E-state index is 0.0599. The summed E-state index contributed by atoms with van der Waals surface area (Å²) < 4.78 is 44.7. The number of nitrogens with one attached hydrogen (secondary N) is 2. The Bertz CT molecular complexity index is 1680. The number of aliphatic hydroxyl groups is 1. The molecule has 8 rings (SSSR count). The molecule has 9 heteroatoms. The zero-order valence-corrected chi connectivity index (χ0v) is 24.1. The first-order chi connectivity index (χ1) is 20.1. The molecule has 2 heterocycles. The zero-order chi connectivity index (χ0) is 29.1. The Morgan fingerprint density at radius 1 is 1.14 bits per heavy atom. The van der Waals surface area contributed by atoms with Crippen LogP contribution in [0.2, 0.25) is 5.02 Å². The Morgan fingerprint density at radius 3 is 2.67 bits per heavy atom. The van der Waals surface area contributed by atoms with Crippen molar-refractivity contribution in [2.24, 2.45) is 0 Å². The SMILES string of the molecule is CNC(=O)c1cc2c(c(F)c1-c1c(Cl)c(F)cc3c1[C@@H]1c4ccccc4[C@@]1(CNC1CCC(C)(O)CC1)O3)OC1CC21. The van der Waals surface area contributed by atoms with Gasteiger partial charge in [0.05, 0.1) is 22.1 Å². The first-order valence-corrected chi connectivity index (χ1v) is 15.0. The Kier molecular flexibility index (Phi) is 5.61. The van der Waals surface area contributed by atoms with Gasteiger partial charge in [-0.2, -0.15) is 0 Å². The standard InChI is InChI=1S/C33H31ClF2N2O4/c1-32(40)9-7-15(8-10-32)38-14-33-20-6-4-3-5-16(20)27(33)25-23(42-33)13-21(35)28(34)26(25)24-19(31(39)37-2)11-18-17-12-22(17)41-30(18)29(24)36/h3-6,11,13,15,17,22,27,38,40H,7-10,12,14H2,1-2H3,(H,37,39)/t15?,17?,22?,27-,32?,33+/m0/s1. The van der Waals surface area contributed by atoms with E-state index in [1.807, 2.05) is 31.2 Å². The van der Waals surface area contributed by atoms with E-state index in [2.05, 4.69) is 10.6 Å². The highest BCUT2D eigenvalue weighted by Gasteiger charge is 2.61. The van der Waals surface area contributed by atoms with E-state index in [1.54, 1.807) is 6.07 Å². The summed E-state index contributed by atoms with van der Waals surface area (Å²) in [6.45, 7) is 2.31. The molecular formula is C33H31ClF2N2O4. The van der Waals surface area contributed by atoms with Crippen LogP contribution in [0, 0.1) is 11.6 Å². The Morgan fingerprint density at radius 2 is 1.90 bits per heavy atom. The monoisotopic (exact) mass is 592 g/mol. The van der Waals surface area contributed by atoms with Gasteiger partial charge in [-0.1, -0.05) is 35.9 Å². The van der Waals surface area contributed by atoms with E-state index in [1.165, 1.54) is 13.1 Å². The van der Waals surface area contributed by atoms with Gasteiger partial charge in [-0.15, -0.1) is 0 Å². The van der Waals surface area contributed by atoms with E-state index in [4.69, 9.17) is 21.1 Å². The molecule has 2 unspecified atom stereocenters. The van der Waals surface area contributed by atoms with Crippen LogP contribution in [0.15, 0.2) is 36.4 Å². The van der Waals surface area contributed by atoms with Gasteiger partial charge in [0.25, 0.3) is 5.91 Å². The lowest BCUT2D eigenvalue weighted by molar-refractivity contribution is 0.00653. The maximum absolute atomic E-state index is 16.5. The van der Waals surface area contributed by atoms with Crippen LogP contribution in [-0.2, 0) is 5.60 Å². The number of benzene rings is 3. The first-order valence-electron chi connectivity index (χ1n) is 14.6. The molecule has 0 spiro atoms. The molecule has 1 amide bonds. The molecule has 2 aliphatic heterocycles. The van der Waals surface area contributed by atoms with Crippen molar-refractivity contribution in [3.63, 3.8) is 0 Å². The summed E-state index contributed by atoms with van der Waals surface area (Å²) in [6.07, 6.45) is 3.74. The minimum Gasteiger partial charge on any atom is -0.486 e. The van der Waals surface area contributed by atoms with Crippen molar-refractivity contribution in [1.82, 2.24) is 10.6 Å². The number of amides is 1. The van der Waals surface area contributed by atoms with Crippen LogP contribution in [-0.4, -0.2) is 42.4 Å². The largest absolute Gasteiger partial charge is 0.486 e. The highest BCUT2D eigenvalue weighted by Crippen LogP contribution is 2.66. The van der Waals surface area contributed by atoms with Gasteiger partial charge < -0.3 is 25.2 Å². The summed E-state index contributed by atoms with van der Waals surface area (Å²) in [5.74, 6) is -1.85. The molecule has 0 radical (unpaired) electrons. The highest BCUT2D eigenvalue weighted by molar-refractivity contribution is 6.34. The maximum Gasteiger partial charge on any atom is 0.251 e. The normalized spacial score (nSPS) is 31.0. The summed E-state index contributed by atoms with van der Waals surface area (Å²) in [6, 6.07) is 11.0. The summed E-state index contributed by atoms with van der Waals surface area (Å²) >= 11 is 6.72. The van der Waals surface area contributed by atoms with Crippen LogP contribution in [0.25, 0.3) is 11.1 Å². The molecule has 3 aromatic carbocycles. The molecule has 2 saturated carbocycles. The van der Waals surface area contributed by atoms with Crippen molar-refractivity contribution >= 4 is 17.5 Å². The van der Waals surface area contributed by atoms with Crippen molar-refractivity contribution in [1.29, 1.82) is 0 Å². The summed E-state index contributed by atoms with van der Waals surface area (Å²) in [5, 5.41) is 16.4. The highest BCUT2D eigenvalue weighted by atomic mass is 35.5. The molecule has 42 heavy (non-hydrogen) atoms. The molecule has 0 aromatic heterocycles. The second kappa shape index (κ2) is 8.91. The number of ether oxygens (including phenoxy) is 2. The summed E-state index contributed by atoms with van der Waals surface area (Å²) in [5.41, 5.74) is 1.85. The lowest BCUT2D eigenvalue weighted by Gasteiger charge is -2.47. The molecule has 3 aromatic rings. The number of carbonyl (C=O) groups is 1. The summed E-state index contributed by atoms with van der Waals surface area (Å²) in [4.78, 5) is 13.2. The van der Waals surface area contributed by atoms with Crippen molar-refractivity contribution in [2.75, 3.05) is 13.6 Å². The topological polar surface area (TPSA) is 79.8 Å². The molecule has 0 saturated heterocycles. The lowest BCUT2D eigenvalue weighted by Crippen LogP contribution is -2.54. The smallest absolute Gasteiger partial charge is 0.251 e. The van der Waals surface area contributed by atoms with E-state index in [-0.39, 0.29) is 57.2 Å².